The fourth-order valence-electron chi connectivity index (χ4n) is 3.93. The molecule has 1 fully saturated rings. The monoisotopic (exact) mass is 428 g/mol. The van der Waals surface area contributed by atoms with Gasteiger partial charge in [-0.25, -0.2) is 12.4 Å². The molecule has 0 radical (unpaired) electrons. The van der Waals surface area contributed by atoms with Gasteiger partial charge < -0.3 is 14.5 Å². The molecule has 1 atom stereocenters. The van der Waals surface area contributed by atoms with E-state index in [9.17, 15) is 8.42 Å². The van der Waals surface area contributed by atoms with Crippen molar-refractivity contribution in [2.24, 2.45) is 0 Å². The quantitative estimate of drug-likeness (QED) is 0.576. The van der Waals surface area contributed by atoms with Crippen LogP contribution in [0.2, 0.25) is 0 Å². The summed E-state index contributed by atoms with van der Waals surface area (Å²) in [7, 11) is 1.97. The van der Waals surface area contributed by atoms with Gasteiger partial charge in [-0.1, -0.05) is 6.07 Å². The summed E-state index contributed by atoms with van der Waals surface area (Å²) in [5.74, 6) is 0. The zero-order valence-electron chi connectivity index (χ0n) is 17.7. The van der Waals surface area contributed by atoms with E-state index >= 15 is 0 Å². The van der Waals surface area contributed by atoms with Crippen LogP contribution in [0.25, 0.3) is 11.0 Å². The lowest BCUT2D eigenvalue weighted by atomic mass is 10.2. The van der Waals surface area contributed by atoms with Crippen LogP contribution in [0.1, 0.15) is 12.0 Å². The molecule has 2 aromatic heterocycles. The number of fused-ring (bicyclic) bond motifs is 1. The van der Waals surface area contributed by atoms with Gasteiger partial charge in [0.05, 0.1) is 22.0 Å². The van der Waals surface area contributed by atoms with E-state index < -0.39 is 10.0 Å². The molecule has 0 bridgehead atoms. The highest BCUT2D eigenvalue weighted by Crippen LogP contribution is 2.28. The van der Waals surface area contributed by atoms with Crippen LogP contribution in [0, 0.1) is 0 Å². The average Bonchev–Trinajstić information content (AvgIpc) is 3.37. The minimum Gasteiger partial charge on any atom is -0.380 e. The number of hydrogen-bond donors (Lipinski definition) is 0. The van der Waals surface area contributed by atoms with Gasteiger partial charge in [-0.2, -0.15) is 0 Å². The molecule has 0 saturated carbocycles. The van der Waals surface area contributed by atoms with Crippen molar-refractivity contribution >= 4 is 26.7 Å². The summed E-state index contributed by atoms with van der Waals surface area (Å²) in [6.45, 7) is 2.44. The summed E-state index contributed by atoms with van der Waals surface area (Å²) in [5.41, 5.74) is 3.18. The Morgan fingerprint density at radius 3 is 2.80 bits per heavy atom. The van der Waals surface area contributed by atoms with Crippen molar-refractivity contribution in [1.82, 2.24) is 13.9 Å². The van der Waals surface area contributed by atoms with Gasteiger partial charge in [0.25, 0.3) is 10.0 Å². The molecule has 3 aromatic rings. The van der Waals surface area contributed by atoms with E-state index in [4.69, 9.17) is 4.74 Å². The number of aromatic nitrogens is 2. The van der Waals surface area contributed by atoms with Crippen molar-refractivity contribution in [3.63, 3.8) is 0 Å². The van der Waals surface area contributed by atoms with E-state index in [1.54, 1.807) is 43.8 Å². The fraction of sp³-hybridized carbons (Fsp3) is 0.409. The van der Waals surface area contributed by atoms with Crippen LogP contribution in [-0.4, -0.2) is 69.2 Å². The van der Waals surface area contributed by atoms with E-state index in [-0.39, 0.29) is 11.0 Å². The summed E-state index contributed by atoms with van der Waals surface area (Å²) in [6.07, 6.45) is 5.29. The number of rotatable bonds is 7. The third-order valence-electron chi connectivity index (χ3n) is 5.65. The smallest absolute Gasteiger partial charge is 0.268 e. The predicted octanol–water partition coefficient (Wildman–Crippen LogP) is 2.60. The molecule has 1 aromatic carbocycles. The minimum absolute atomic E-state index is 0.184. The van der Waals surface area contributed by atoms with Crippen molar-refractivity contribution in [3.8, 4) is 0 Å². The number of hydrogen-bond acceptors (Lipinski definition) is 6. The molecule has 160 valence electrons. The van der Waals surface area contributed by atoms with Gasteiger partial charge in [-0.05, 0) is 62.8 Å². The molecular weight excluding hydrogens is 400 g/mol. The van der Waals surface area contributed by atoms with Crippen LogP contribution in [0.3, 0.4) is 0 Å². The molecule has 30 heavy (non-hydrogen) atoms. The number of ether oxygens (including phenoxy) is 1. The Labute approximate surface area is 177 Å². The van der Waals surface area contributed by atoms with Crippen LogP contribution >= 0.6 is 0 Å². The summed E-state index contributed by atoms with van der Waals surface area (Å²) in [4.78, 5) is 8.99. The van der Waals surface area contributed by atoms with Crippen molar-refractivity contribution in [1.29, 1.82) is 0 Å². The highest BCUT2D eigenvalue weighted by molar-refractivity contribution is 7.90. The molecule has 4 rings (SSSR count). The second-order valence-corrected chi connectivity index (χ2v) is 9.78. The van der Waals surface area contributed by atoms with Gasteiger partial charge in [0.2, 0.25) is 0 Å². The van der Waals surface area contributed by atoms with E-state index in [2.05, 4.69) is 14.8 Å². The maximum Gasteiger partial charge on any atom is 0.268 e. The molecule has 0 spiro atoms. The van der Waals surface area contributed by atoms with Crippen LogP contribution in [0.5, 0.6) is 0 Å². The summed E-state index contributed by atoms with van der Waals surface area (Å²) in [5, 5.41) is 0. The van der Waals surface area contributed by atoms with E-state index in [0.29, 0.717) is 5.52 Å². The molecule has 0 unspecified atom stereocenters. The molecule has 7 nitrogen and oxygen atoms in total. The number of anilines is 1. The first-order valence-corrected chi connectivity index (χ1v) is 11.6. The van der Waals surface area contributed by atoms with Gasteiger partial charge in [0.1, 0.15) is 0 Å². The highest BCUT2D eigenvalue weighted by atomic mass is 32.2. The Morgan fingerprint density at radius 2 is 2.07 bits per heavy atom. The molecule has 1 aliphatic heterocycles. The average molecular weight is 429 g/mol. The lowest BCUT2D eigenvalue weighted by Crippen LogP contribution is -2.22. The molecule has 1 saturated heterocycles. The third-order valence-corrected chi connectivity index (χ3v) is 7.32. The number of methoxy groups -OCH3 is 1. The Kier molecular flexibility index (Phi) is 5.81. The first kappa shape index (κ1) is 20.8. The SMILES string of the molecule is CO[C@H]1CCN(c2cccc(S(=O)(=O)n3cc(CCN(C)C)c4ncccc43)c2)C1. The lowest BCUT2D eigenvalue weighted by molar-refractivity contribution is 0.121. The van der Waals surface area contributed by atoms with Gasteiger partial charge in [0, 0.05) is 44.8 Å². The topological polar surface area (TPSA) is 67.7 Å². The number of pyridine rings is 1. The zero-order valence-corrected chi connectivity index (χ0v) is 18.5. The largest absolute Gasteiger partial charge is 0.380 e. The molecule has 0 amide bonds. The second-order valence-electron chi connectivity index (χ2n) is 7.97. The van der Waals surface area contributed by atoms with Crippen LogP contribution in [0.15, 0.2) is 53.7 Å². The minimum atomic E-state index is -3.75. The molecule has 0 aliphatic carbocycles. The Hall–Kier alpha value is -2.42. The van der Waals surface area contributed by atoms with Gasteiger partial charge in [-0.3, -0.25) is 4.98 Å². The van der Waals surface area contributed by atoms with Gasteiger partial charge >= 0.3 is 0 Å². The van der Waals surface area contributed by atoms with Crippen LogP contribution < -0.4 is 4.90 Å². The molecule has 1 aliphatic rings. The van der Waals surface area contributed by atoms with E-state index in [1.165, 1.54) is 3.97 Å². The fourth-order valence-corrected chi connectivity index (χ4v) is 5.35. The van der Waals surface area contributed by atoms with Crippen molar-refractivity contribution < 1.29 is 13.2 Å². The van der Waals surface area contributed by atoms with Gasteiger partial charge in [0.15, 0.2) is 0 Å². The number of benzene rings is 1. The van der Waals surface area contributed by atoms with Crippen LogP contribution in [0.4, 0.5) is 5.69 Å². The molecule has 8 heteroatoms. The maximum atomic E-state index is 13.6. The number of nitrogens with zero attached hydrogens (tertiary/aromatic N) is 4. The van der Waals surface area contributed by atoms with Crippen molar-refractivity contribution in [3.05, 3.63) is 54.4 Å². The van der Waals surface area contributed by atoms with E-state index in [1.807, 2.05) is 26.2 Å². The third kappa shape index (κ3) is 3.95. The Balaban J connectivity index is 1.72. The Morgan fingerprint density at radius 1 is 1.23 bits per heavy atom. The summed E-state index contributed by atoms with van der Waals surface area (Å²) < 4.78 is 34.0. The second kappa shape index (κ2) is 8.37. The maximum absolute atomic E-state index is 13.6. The van der Waals surface area contributed by atoms with E-state index in [0.717, 1.165) is 49.2 Å². The molecular formula is C22H28N4O3S. The molecule has 0 N–H and O–H groups in total. The van der Waals surface area contributed by atoms with Crippen molar-refractivity contribution in [2.75, 3.05) is 45.7 Å². The first-order chi connectivity index (χ1) is 14.4. The summed E-state index contributed by atoms with van der Waals surface area (Å²) in [6, 6.07) is 10.8. The first-order valence-electron chi connectivity index (χ1n) is 10.1. The number of likely N-dealkylation sites (N-methyl/N-ethyl adjacent to an activating group) is 1. The highest BCUT2D eigenvalue weighted by Gasteiger charge is 2.25. The summed E-state index contributed by atoms with van der Waals surface area (Å²) >= 11 is 0. The standard InChI is InChI=1S/C22H28N4O3S/c1-24(2)12-9-17-15-26(21-8-5-11-23-22(17)21)30(27,28)20-7-4-6-18(14-20)25-13-10-19(16-25)29-3/h4-8,11,14-15,19H,9-10,12-13,16H2,1-3H3/t19-/m0/s1. The van der Waals surface area contributed by atoms with Gasteiger partial charge in [-0.15, -0.1) is 0 Å². The normalized spacial score (nSPS) is 17.3. The predicted molar refractivity (Wildman–Crippen MR) is 119 cm³/mol. The molecule has 3 heterocycles. The zero-order chi connectivity index (χ0) is 21.3. The van der Waals surface area contributed by atoms with Crippen LogP contribution in [-0.2, 0) is 21.2 Å². The lowest BCUT2D eigenvalue weighted by Gasteiger charge is -2.19. The Bertz CT molecular complexity index is 1140. The van der Waals surface area contributed by atoms with Crippen molar-refractivity contribution in [2.45, 2.75) is 23.8 Å².